The maximum absolute atomic E-state index is 13.0. The van der Waals surface area contributed by atoms with Crippen molar-refractivity contribution in [2.45, 2.75) is 42.2 Å². The van der Waals surface area contributed by atoms with Gasteiger partial charge >= 0.3 is 0 Å². The quantitative estimate of drug-likeness (QED) is 0.832. The van der Waals surface area contributed by atoms with Crippen LogP contribution in [-0.4, -0.2) is 37.6 Å². The summed E-state index contributed by atoms with van der Waals surface area (Å²) in [7, 11) is -1.02. The molecule has 1 atom stereocenters. The molecule has 2 aromatic rings. The predicted molar refractivity (Wildman–Crippen MR) is 102 cm³/mol. The van der Waals surface area contributed by atoms with E-state index < -0.39 is 10.8 Å². The molecular formula is C20H21N3O2S. The van der Waals surface area contributed by atoms with Gasteiger partial charge in [-0.25, -0.2) is 5.01 Å². The van der Waals surface area contributed by atoms with Gasteiger partial charge in [-0.15, -0.1) is 0 Å². The van der Waals surface area contributed by atoms with Gasteiger partial charge in [-0.3, -0.25) is 14.0 Å². The third kappa shape index (κ3) is 3.33. The standard InChI is InChI=1S/C20H21N3O2S/c24-20(15-6-5-12-21-14-15)23-13-11-18(22-23)17-9-3-4-10-19(17)26(25)16-7-1-2-8-16/h3-6,9-10,12,14,16H,1-2,7-8,11,13H2. The van der Waals surface area contributed by atoms with Gasteiger partial charge in [0.25, 0.3) is 5.91 Å². The van der Waals surface area contributed by atoms with Gasteiger partial charge in [0, 0.05) is 34.5 Å². The van der Waals surface area contributed by atoms with Gasteiger partial charge in [0.05, 0.1) is 28.6 Å². The second-order valence-electron chi connectivity index (χ2n) is 6.67. The van der Waals surface area contributed by atoms with E-state index in [0.29, 0.717) is 18.5 Å². The Hall–Kier alpha value is -2.34. The van der Waals surface area contributed by atoms with Crippen molar-refractivity contribution < 1.29 is 9.00 Å². The van der Waals surface area contributed by atoms with Crippen LogP contribution in [-0.2, 0) is 10.8 Å². The van der Waals surface area contributed by atoms with Crippen molar-refractivity contribution in [2.75, 3.05) is 6.54 Å². The number of hydrogen-bond donors (Lipinski definition) is 0. The lowest BCUT2D eigenvalue weighted by molar-refractivity contribution is 0.0778. The number of amides is 1. The molecule has 2 aliphatic rings. The maximum Gasteiger partial charge on any atom is 0.275 e. The molecule has 1 aliphatic heterocycles. The Morgan fingerprint density at radius 2 is 1.92 bits per heavy atom. The first-order chi connectivity index (χ1) is 12.7. The number of nitrogens with zero attached hydrogens (tertiary/aromatic N) is 3. The van der Waals surface area contributed by atoms with Crippen LogP contribution in [0.15, 0.2) is 58.8 Å². The first-order valence-electron chi connectivity index (χ1n) is 9.03. The topological polar surface area (TPSA) is 62.6 Å². The summed E-state index contributed by atoms with van der Waals surface area (Å²) < 4.78 is 13.0. The van der Waals surface area contributed by atoms with Crippen molar-refractivity contribution in [1.29, 1.82) is 0 Å². The molecule has 134 valence electrons. The second kappa shape index (κ2) is 7.50. The average Bonchev–Trinajstić information content (AvgIpc) is 3.40. The summed E-state index contributed by atoms with van der Waals surface area (Å²) in [6.45, 7) is 0.535. The smallest absolute Gasteiger partial charge is 0.267 e. The Kier molecular flexibility index (Phi) is 4.93. The highest BCUT2D eigenvalue weighted by Gasteiger charge is 2.28. The summed E-state index contributed by atoms with van der Waals surface area (Å²) in [6.07, 6.45) is 8.24. The van der Waals surface area contributed by atoms with E-state index in [0.717, 1.165) is 41.9 Å². The van der Waals surface area contributed by atoms with Crippen LogP contribution in [0.1, 0.15) is 48.0 Å². The van der Waals surface area contributed by atoms with Crippen molar-refractivity contribution in [3.63, 3.8) is 0 Å². The molecular weight excluding hydrogens is 346 g/mol. The van der Waals surface area contributed by atoms with E-state index in [2.05, 4.69) is 10.1 Å². The summed E-state index contributed by atoms with van der Waals surface area (Å²) in [4.78, 5) is 17.4. The van der Waals surface area contributed by atoms with Crippen molar-refractivity contribution in [3.05, 3.63) is 59.9 Å². The lowest BCUT2D eigenvalue weighted by atomic mass is 10.1. The molecule has 1 amide bonds. The molecule has 0 radical (unpaired) electrons. The molecule has 5 nitrogen and oxygen atoms in total. The first kappa shape index (κ1) is 17.1. The molecule has 0 spiro atoms. The monoisotopic (exact) mass is 367 g/mol. The number of aromatic nitrogens is 1. The number of rotatable bonds is 4. The second-order valence-corrected chi connectivity index (χ2v) is 8.37. The molecule has 2 heterocycles. The van der Waals surface area contributed by atoms with Gasteiger partial charge < -0.3 is 0 Å². The molecule has 1 aromatic heterocycles. The zero-order chi connectivity index (χ0) is 17.9. The van der Waals surface area contributed by atoms with Crippen LogP contribution in [0, 0.1) is 0 Å². The van der Waals surface area contributed by atoms with Crippen LogP contribution in [0.3, 0.4) is 0 Å². The van der Waals surface area contributed by atoms with Gasteiger partial charge in [-0.05, 0) is 31.0 Å². The number of pyridine rings is 1. The molecule has 6 heteroatoms. The summed E-state index contributed by atoms with van der Waals surface area (Å²) in [5.74, 6) is -0.150. The molecule has 0 bridgehead atoms. The van der Waals surface area contributed by atoms with Crippen molar-refractivity contribution in [2.24, 2.45) is 5.10 Å². The summed E-state index contributed by atoms with van der Waals surface area (Å²) in [5, 5.41) is 6.27. The van der Waals surface area contributed by atoms with E-state index in [1.807, 2.05) is 24.3 Å². The number of hydrazone groups is 1. The number of carbonyl (C=O) groups is 1. The minimum Gasteiger partial charge on any atom is -0.267 e. The van der Waals surface area contributed by atoms with Crippen LogP contribution in [0.2, 0.25) is 0 Å². The van der Waals surface area contributed by atoms with Crippen LogP contribution >= 0.6 is 0 Å². The molecule has 26 heavy (non-hydrogen) atoms. The van der Waals surface area contributed by atoms with Gasteiger partial charge in [-0.2, -0.15) is 5.10 Å². The SMILES string of the molecule is O=C(c1cccnc1)N1CCC(c2ccccc2S(=O)C2CCCC2)=N1. The lowest BCUT2D eigenvalue weighted by Gasteiger charge is -2.13. The summed E-state index contributed by atoms with van der Waals surface area (Å²) >= 11 is 0. The molecule has 1 saturated carbocycles. The summed E-state index contributed by atoms with van der Waals surface area (Å²) in [6, 6.07) is 11.3. The number of hydrogen-bond acceptors (Lipinski definition) is 4. The fraction of sp³-hybridized carbons (Fsp3) is 0.350. The van der Waals surface area contributed by atoms with Crippen molar-refractivity contribution in [1.82, 2.24) is 9.99 Å². The Labute approximate surface area is 155 Å². The highest BCUT2D eigenvalue weighted by Crippen LogP contribution is 2.29. The minimum absolute atomic E-state index is 0.150. The fourth-order valence-corrected chi connectivity index (χ4v) is 5.33. The fourth-order valence-electron chi connectivity index (χ4n) is 3.59. The number of carbonyl (C=O) groups excluding carboxylic acids is 1. The van der Waals surface area contributed by atoms with Crippen LogP contribution in [0.25, 0.3) is 0 Å². The van der Waals surface area contributed by atoms with E-state index >= 15 is 0 Å². The predicted octanol–water partition coefficient (Wildman–Crippen LogP) is 3.38. The van der Waals surface area contributed by atoms with E-state index in [-0.39, 0.29) is 11.2 Å². The van der Waals surface area contributed by atoms with E-state index in [4.69, 9.17) is 0 Å². The molecule has 4 rings (SSSR count). The minimum atomic E-state index is -1.02. The molecule has 1 unspecified atom stereocenters. The maximum atomic E-state index is 13.0. The van der Waals surface area contributed by atoms with Gasteiger partial charge in [0.2, 0.25) is 0 Å². The van der Waals surface area contributed by atoms with Crippen LogP contribution in [0.5, 0.6) is 0 Å². The Morgan fingerprint density at radius 1 is 1.12 bits per heavy atom. The molecule has 0 saturated heterocycles. The van der Waals surface area contributed by atoms with E-state index in [1.54, 1.807) is 24.5 Å². The zero-order valence-electron chi connectivity index (χ0n) is 14.5. The highest BCUT2D eigenvalue weighted by molar-refractivity contribution is 7.85. The Bertz CT molecular complexity index is 860. The Morgan fingerprint density at radius 3 is 2.69 bits per heavy atom. The third-order valence-corrected chi connectivity index (χ3v) is 6.83. The third-order valence-electron chi connectivity index (χ3n) is 4.96. The summed E-state index contributed by atoms with van der Waals surface area (Å²) in [5.41, 5.74) is 2.28. The molecule has 1 fully saturated rings. The zero-order valence-corrected chi connectivity index (χ0v) is 15.3. The first-order valence-corrected chi connectivity index (χ1v) is 10.2. The lowest BCUT2D eigenvalue weighted by Crippen LogP contribution is -2.23. The van der Waals surface area contributed by atoms with Gasteiger partial charge in [0.1, 0.15) is 0 Å². The van der Waals surface area contributed by atoms with Crippen molar-refractivity contribution >= 4 is 22.4 Å². The van der Waals surface area contributed by atoms with Gasteiger partial charge in [0.15, 0.2) is 0 Å². The normalized spacial score (nSPS) is 18.8. The van der Waals surface area contributed by atoms with Crippen molar-refractivity contribution in [3.8, 4) is 0 Å². The van der Waals surface area contributed by atoms with Gasteiger partial charge in [-0.1, -0.05) is 31.0 Å². The largest absolute Gasteiger partial charge is 0.275 e. The molecule has 0 N–H and O–H groups in total. The molecule has 1 aromatic carbocycles. The van der Waals surface area contributed by atoms with Crippen LogP contribution < -0.4 is 0 Å². The van der Waals surface area contributed by atoms with E-state index in [1.165, 1.54) is 5.01 Å². The Balaban J connectivity index is 1.60. The highest BCUT2D eigenvalue weighted by atomic mass is 32.2. The average molecular weight is 367 g/mol. The number of benzene rings is 1. The van der Waals surface area contributed by atoms with E-state index in [9.17, 15) is 9.00 Å². The molecule has 1 aliphatic carbocycles. The van der Waals surface area contributed by atoms with Crippen LogP contribution in [0.4, 0.5) is 0 Å².